The molecular weight excluding hydrogens is 354 g/mol. The lowest BCUT2D eigenvalue weighted by Crippen LogP contribution is -2.56. The summed E-state index contributed by atoms with van der Waals surface area (Å²) < 4.78 is 5.46. The second kappa shape index (κ2) is 9.39. The molecule has 2 heterocycles. The molecule has 0 radical (unpaired) electrons. The molecule has 154 valence electrons. The lowest BCUT2D eigenvalue weighted by molar-refractivity contribution is -0.117. The number of morpholine rings is 1. The number of carbonyl (C=O) groups excluding carboxylic acids is 1. The maximum atomic E-state index is 11.9. The van der Waals surface area contributed by atoms with E-state index in [2.05, 4.69) is 46.5 Å². The van der Waals surface area contributed by atoms with Crippen molar-refractivity contribution in [2.24, 2.45) is 4.99 Å². The molecule has 2 aliphatic heterocycles. The quantitative estimate of drug-likeness (QED) is 0.573. The van der Waals surface area contributed by atoms with Crippen molar-refractivity contribution < 1.29 is 9.53 Å². The van der Waals surface area contributed by atoms with Gasteiger partial charge in [0.2, 0.25) is 5.91 Å². The van der Waals surface area contributed by atoms with Gasteiger partial charge in [-0.1, -0.05) is 12.1 Å². The predicted octanol–water partition coefficient (Wildman–Crippen LogP) is 1.59. The molecule has 2 aliphatic rings. The monoisotopic (exact) mass is 387 g/mol. The second-order valence-corrected chi connectivity index (χ2v) is 8.01. The Kier molecular flexibility index (Phi) is 6.91. The summed E-state index contributed by atoms with van der Waals surface area (Å²) in [5.41, 5.74) is 2.18. The highest BCUT2D eigenvalue weighted by Crippen LogP contribution is 2.21. The number of benzene rings is 1. The standard InChI is InChI=1S/C21H33N5O2/c1-21(2,25-11-13-28-14-12-25)16-24-20(22-3)23-15-17-6-8-18(9-7-17)26-10-4-5-19(26)27/h6-9H,4-5,10-16H2,1-3H3,(H2,22,23,24). The smallest absolute Gasteiger partial charge is 0.227 e. The minimum atomic E-state index is 0.0330. The molecule has 2 fully saturated rings. The minimum Gasteiger partial charge on any atom is -0.379 e. The number of ether oxygens (including phenoxy) is 1. The van der Waals surface area contributed by atoms with Gasteiger partial charge in [0.15, 0.2) is 5.96 Å². The van der Waals surface area contributed by atoms with Gasteiger partial charge in [0.25, 0.3) is 0 Å². The summed E-state index contributed by atoms with van der Waals surface area (Å²) in [6, 6.07) is 8.19. The van der Waals surface area contributed by atoms with E-state index in [1.807, 2.05) is 17.0 Å². The van der Waals surface area contributed by atoms with Gasteiger partial charge in [-0.3, -0.25) is 14.7 Å². The van der Waals surface area contributed by atoms with Gasteiger partial charge in [0.05, 0.1) is 13.2 Å². The second-order valence-electron chi connectivity index (χ2n) is 8.01. The highest BCUT2D eigenvalue weighted by atomic mass is 16.5. The summed E-state index contributed by atoms with van der Waals surface area (Å²) >= 11 is 0. The largest absolute Gasteiger partial charge is 0.379 e. The van der Waals surface area contributed by atoms with E-state index in [-0.39, 0.29) is 11.4 Å². The van der Waals surface area contributed by atoms with Gasteiger partial charge in [-0.25, -0.2) is 0 Å². The first-order valence-corrected chi connectivity index (χ1v) is 10.2. The first-order valence-electron chi connectivity index (χ1n) is 10.2. The van der Waals surface area contributed by atoms with Crippen molar-refractivity contribution in [3.63, 3.8) is 0 Å². The average Bonchev–Trinajstić information content (AvgIpc) is 3.15. The zero-order valence-corrected chi connectivity index (χ0v) is 17.3. The lowest BCUT2D eigenvalue weighted by Gasteiger charge is -2.41. The summed E-state index contributed by atoms with van der Waals surface area (Å²) in [4.78, 5) is 20.5. The van der Waals surface area contributed by atoms with Crippen LogP contribution in [0.5, 0.6) is 0 Å². The van der Waals surface area contributed by atoms with Crippen molar-refractivity contribution in [2.75, 3.05) is 51.3 Å². The van der Waals surface area contributed by atoms with Crippen molar-refractivity contribution in [3.8, 4) is 0 Å². The van der Waals surface area contributed by atoms with Crippen LogP contribution in [0.25, 0.3) is 0 Å². The van der Waals surface area contributed by atoms with Crippen LogP contribution in [0.1, 0.15) is 32.3 Å². The van der Waals surface area contributed by atoms with Crippen LogP contribution in [-0.2, 0) is 16.1 Å². The molecule has 2 N–H and O–H groups in total. The molecule has 3 rings (SSSR count). The molecule has 0 spiro atoms. The molecule has 1 aromatic rings. The van der Waals surface area contributed by atoms with Gasteiger partial charge in [0.1, 0.15) is 0 Å². The van der Waals surface area contributed by atoms with Crippen molar-refractivity contribution in [3.05, 3.63) is 29.8 Å². The number of aliphatic imine (C=N–C) groups is 1. The van der Waals surface area contributed by atoms with Crippen molar-refractivity contribution in [2.45, 2.75) is 38.8 Å². The third-order valence-electron chi connectivity index (χ3n) is 5.56. The first kappa shape index (κ1) is 20.6. The molecule has 2 saturated heterocycles. The predicted molar refractivity (Wildman–Crippen MR) is 113 cm³/mol. The Bertz CT molecular complexity index is 681. The van der Waals surface area contributed by atoms with Crippen LogP contribution in [0.2, 0.25) is 0 Å². The fraction of sp³-hybridized carbons (Fsp3) is 0.619. The molecule has 0 unspecified atom stereocenters. The molecule has 1 amide bonds. The molecule has 7 heteroatoms. The van der Waals surface area contributed by atoms with E-state index in [1.54, 1.807) is 7.05 Å². The number of hydrogen-bond donors (Lipinski definition) is 2. The SMILES string of the molecule is CN=C(NCc1ccc(N2CCCC2=O)cc1)NCC(C)(C)N1CCOCC1. The maximum Gasteiger partial charge on any atom is 0.227 e. The van der Waals surface area contributed by atoms with E-state index in [0.717, 1.165) is 63.0 Å². The molecular formula is C21H33N5O2. The van der Waals surface area contributed by atoms with Gasteiger partial charge in [-0.15, -0.1) is 0 Å². The van der Waals surface area contributed by atoms with Gasteiger partial charge in [-0.2, -0.15) is 0 Å². The van der Waals surface area contributed by atoms with E-state index in [1.165, 1.54) is 0 Å². The Morgan fingerprint density at radius 3 is 2.46 bits per heavy atom. The maximum absolute atomic E-state index is 11.9. The average molecular weight is 388 g/mol. The molecule has 0 atom stereocenters. The van der Waals surface area contributed by atoms with Crippen LogP contribution < -0.4 is 15.5 Å². The molecule has 0 aliphatic carbocycles. The number of amides is 1. The van der Waals surface area contributed by atoms with Crippen molar-refractivity contribution in [1.82, 2.24) is 15.5 Å². The van der Waals surface area contributed by atoms with Crippen LogP contribution in [0.3, 0.4) is 0 Å². The summed E-state index contributed by atoms with van der Waals surface area (Å²) in [6.07, 6.45) is 1.61. The Hall–Kier alpha value is -2.12. The van der Waals surface area contributed by atoms with Gasteiger partial charge < -0.3 is 20.3 Å². The zero-order valence-electron chi connectivity index (χ0n) is 17.3. The van der Waals surface area contributed by atoms with Crippen molar-refractivity contribution in [1.29, 1.82) is 0 Å². The van der Waals surface area contributed by atoms with E-state index in [4.69, 9.17) is 4.74 Å². The number of nitrogens with one attached hydrogen (secondary N) is 2. The fourth-order valence-electron chi connectivity index (χ4n) is 3.70. The molecule has 0 aromatic heterocycles. The van der Waals surface area contributed by atoms with Crippen molar-refractivity contribution >= 4 is 17.6 Å². The number of carbonyl (C=O) groups is 1. The Morgan fingerprint density at radius 2 is 1.86 bits per heavy atom. The summed E-state index contributed by atoms with van der Waals surface area (Å²) in [6.45, 7) is 10.3. The normalized spacial score (nSPS) is 19.2. The number of nitrogens with zero attached hydrogens (tertiary/aromatic N) is 3. The van der Waals surface area contributed by atoms with Gasteiger partial charge in [-0.05, 0) is 38.0 Å². The molecule has 28 heavy (non-hydrogen) atoms. The van der Waals surface area contributed by atoms with Crippen LogP contribution in [-0.4, -0.2) is 68.7 Å². The van der Waals surface area contributed by atoms with Crippen LogP contribution in [0, 0.1) is 0 Å². The molecule has 0 bridgehead atoms. The Labute approximate surface area is 168 Å². The van der Waals surface area contributed by atoms with E-state index in [0.29, 0.717) is 13.0 Å². The third-order valence-corrected chi connectivity index (χ3v) is 5.56. The van der Waals surface area contributed by atoms with Gasteiger partial charge in [0, 0.05) is 57.4 Å². The Morgan fingerprint density at radius 1 is 1.14 bits per heavy atom. The summed E-state index contributed by atoms with van der Waals surface area (Å²) in [5.74, 6) is 1.01. The number of rotatable bonds is 6. The number of guanidine groups is 1. The highest BCUT2D eigenvalue weighted by molar-refractivity contribution is 5.95. The van der Waals surface area contributed by atoms with Crippen LogP contribution in [0.15, 0.2) is 29.3 Å². The highest BCUT2D eigenvalue weighted by Gasteiger charge is 2.28. The number of anilines is 1. The summed E-state index contributed by atoms with van der Waals surface area (Å²) in [5, 5.41) is 6.82. The minimum absolute atomic E-state index is 0.0330. The zero-order chi connectivity index (χ0) is 20.0. The van der Waals surface area contributed by atoms with Crippen LogP contribution >= 0.6 is 0 Å². The van der Waals surface area contributed by atoms with Crippen LogP contribution in [0.4, 0.5) is 5.69 Å². The fourth-order valence-corrected chi connectivity index (χ4v) is 3.70. The third kappa shape index (κ3) is 5.23. The van der Waals surface area contributed by atoms with E-state index < -0.39 is 0 Å². The summed E-state index contributed by atoms with van der Waals surface area (Å²) in [7, 11) is 1.79. The molecule has 1 aromatic carbocycles. The first-order chi connectivity index (χ1) is 13.5. The van der Waals surface area contributed by atoms with Gasteiger partial charge >= 0.3 is 0 Å². The molecule has 0 saturated carbocycles. The van der Waals surface area contributed by atoms with E-state index >= 15 is 0 Å². The number of hydrogen-bond acceptors (Lipinski definition) is 4. The topological polar surface area (TPSA) is 69.2 Å². The lowest BCUT2D eigenvalue weighted by atomic mass is 10.0. The molecule has 7 nitrogen and oxygen atoms in total. The Balaban J connectivity index is 1.48. The van der Waals surface area contributed by atoms with E-state index in [9.17, 15) is 4.79 Å².